The highest BCUT2D eigenvalue weighted by atomic mass is 32.2. The van der Waals surface area contributed by atoms with Gasteiger partial charge >= 0.3 is 0 Å². The molecule has 0 radical (unpaired) electrons. The molecule has 1 spiro atoms. The quantitative estimate of drug-likeness (QED) is 0.576. The first-order chi connectivity index (χ1) is 13.3. The van der Waals surface area contributed by atoms with Gasteiger partial charge in [-0.15, -0.1) is 0 Å². The number of aliphatic imine (C=N–C) groups is 1. The van der Waals surface area contributed by atoms with Crippen LogP contribution in [0.1, 0.15) is 71.4 Å². The second kappa shape index (κ2) is 8.85. The summed E-state index contributed by atoms with van der Waals surface area (Å²) >= 11 is 0. The Labute approximate surface area is 172 Å². The van der Waals surface area contributed by atoms with Gasteiger partial charge in [0.05, 0.1) is 12.6 Å². The Hall–Kier alpha value is -1.56. The third-order valence-corrected chi connectivity index (χ3v) is 7.52. The highest BCUT2D eigenvalue weighted by molar-refractivity contribution is 7.86. The summed E-state index contributed by atoms with van der Waals surface area (Å²) in [5.74, 6) is 2.37. The van der Waals surface area contributed by atoms with E-state index in [1.807, 2.05) is 26.8 Å². The van der Waals surface area contributed by atoms with Crippen LogP contribution in [0.15, 0.2) is 29.3 Å². The van der Waals surface area contributed by atoms with Crippen LogP contribution in [0.5, 0.6) is 5.75 Å². The third kappa shape index (κ3) is 5.07. The maximum atomic E-state index is 12.3. The molecule has 2 atom stereocenters. The van der Waals surface area contributed by atoms with E-state index in [2.05, 4.69) is 35.8 Å². The van der Waals surface area contributed by atoms with Crippen molar-refractivity contribution in [2.45, 2.75) is 76.2 Å². The van der Waals surface area contributed by atoms with Crippen molar-refractivity contribution in [3.63, 3.8) is 0 Å². The van der Waals surface area contributed by atoms with E-state index in [1.54, 1.807) is 0 Å². The van der Waals surface area contributed by atoms with Crippen molar-refractivity contribution in [1.82, 2.24) is 10.6 Å². The van der Waals surface area contributed by atoms with Crippen LogP contribution < -0.4 is 15.4 Å². The van der Waals surface area contributed by atoms with Crippen molar-refractivity contribution in [3.8, 4) is 5.75 Å². The van der Waals surface area contributed by atoms with Crippen LogP contribution in [0.25, 0.3) is 0 Å². The molecule has 6 heteroatoms. The average molecular weight is 406 g/mol. The van der Waals surface area contributed by atoms with Crippen molar-refractivity contribution in [1.29, 1.82) is 0 Å². The topological polar surface area (TPSA) is 62.7 Å². The molecule has 1 aliphatic heterocycles. The Morgan fingerprint density at radius 3 is 2.68 bits per heavy atom. The molecule has 0 saturated heterocycles. The van der Waals surface area contributed by atoms with Crippen LogP contribution in [0.4, 0.5) is 0 Å². The fourth-order valence-electron chi connectivity index (χ4n) is 4.10. The lowest BCUT2D eigenvalue weighted by Gasteiger charge is -2.40. The van der Waals surface area contributed by atoms with E-state index in [-0.39, 0.29) is 16.4 Å². The fraction of sp³-hybridized carbons (Fsp3) is 0.682. The number of para-hydroxylation sites is 1. The van der Waals surface area contributed by atoms with Crippen LogP contribution in [0, 0.1) is 0 Å². The lowest BCUT2D eigenvalue weighted by atomic mass is 9.86. The Kier molecular flexibility index (Phi) is 6.69. The largest absolute Gasteiger partial charge is 0.487 e. The smallest absolute Gasteiger partial charge is 0.191 e. The molecular weight excluding hydrogens is 370 g/mol. The van der Waals surface area contributed by atoms with Crippen molar-refractivity contribution < 1.29 is 8.95 Å². The zero-order valence-corrected chi connectivity index (χ0v) is 18.5. The van der Waals surface area contributed by atoms with E-state index in [9.17, 15) is 4.21 Å². The lowest BCUT2D eigenvalue weighted by molar-refractivity contribution is 0.0396. The average Bonchev–Trinajstić information content (AvgIpc) is 3.08. The SMILES string of the molecule is CCNC(=NCCS(=O)C(C)(C)C)NC1CC2(CCCC2)Oc2ccccc21. The first-order valence-electron chi connectivity index (χ1n) is 10.5. The summed E-state index contributed by atoms with van der Waals surface area (Å²) in [5, 5.41) is 6.99. The molecule has 1 aromatic rings. The summed E-state index contributed by atoms with van der Waals surface area (Å²) in [6, 6.07) is 8.52. The van der Waals surface area contributed by atoms with Gasteiger partial charge in [0.1, 0.15) is 11.4 Å². The molecule has 28 heavy (non-hydrogen) atoms. The number of ether oxygens (including phenoxy) is 1. The van der Waals surface area contributed by atoms with Gasteiger partial charge in [0.15, 0.2) is 5.96 Å². The van der Waals surface area contributed by atoms with Crippen LogP contribution >= 0.6 is 0 Å². The molecule has 1 saturated carbocycles. The summed E-state index contributed by atoms with van der Waals surface area (Å²) in [5.41, 5.74) is 1.15. The van der Waals surface area contributed by atoms with Crippen LogP contribution in [0.3, 0.4) is 0 Å². The highest BCUT2D eigenvalue weighted by Crippen LogP contribution is 2.46. The normalized spacial score (nSPS) is 22.4. The van der Waals surface area contributed by atoms with Crippen molar-refractivity contribution in [3.05, 3.63) is 29.8 Å². The zero-order chi connectivity index (χ0) is 20.2. The van der Waals surface area contributed by atoms with E-state index in [0.29, 0.717) is 12.3 Å². The highest BCUT2D eigenvalue weighted by Gasteiger charge is 2.43. The number of nitrogens with zero attached hydrogens (tertiary/aromatic N) is 1. The van der Waals surface area contributed by atoms with Gasteiger partial charge in [0.2, 0.25) is 0 Å². The van der Waals surface area contributed by atoms with Crippen molar-refractivity contribution >= 4 is 16.8 Å². The second-order valence-corrected chi connectivity index (χ2v) is 11.2. The van der Waals surface area contributed by atoms with Gasteiger partial charge in [-0.3, -0.25) is 9.20 Å². The monoisotopic (exact) mass is 405 g/mol. The van der Waals surface area contributed by atoms with Gasteiger partial charge in [0.25, 0.3) is 0 Å². The molecule has 5 nitrogen and oxygen atoms in total. The van der Waals surface area contributed by atoms with Gasteiger partial charge in [0, 0.05) is 39.8 Å². The molecule has 1 fully saturated rings. The number of hydrogen-bond acceptors (Lipinski definition) is 3. The van der Waals surface area contributed by atoms with Gasteiger partial charge in [-0.1, -0.05) is 18.2 Å². The van der Waals surface area contributed by atoms with Crippen molar-refractivity contribution in [2.75, 3.05) is 18.8 Å². The molecule has 1 heterocycles. The van der Waals surface area contributed by atoms with E-state index >= 15 is 0 Å². The number of hydrogen-bond donors (Lipinski definition) is 2. The minimum atomic E-state index is -0.890. The zero-order valence-electron chi connectivity index (χ0n) is 17.7. The van der Waals surface area contributed by atoms with Gasteiger partial charge < -0.3 is 15.4 Å². The maximum Gasteiger partial charge on any atom is 0.191 e. The van der Waals surface area contributed by atoms with Crippen LogP contribution in [-0.4, -0.2) is 39.4 Å². The minimum absolute atomic E-state index is 0.0446. The molecular formula is C22H35N3O2S. The molecule has 0 aromatic heterocycles. The summed E-state index contributed by atoms with van der Waals surface area (Å²) in [6.45, 7) is 9.45. The van der Waals surface area contributed by atoms with E-state index in [4.69, 9.17) is 9.73 Å². The minimum Gasteiger partial charge on any atom is -0.487 e. The van der Waals surface area contributed by atoms with Gasteiger partial charge in [-0.05, 0) is 59.4 Å². The number of benzene rings is 1. The molecule has 3 rings (SSSR count). The summed E-state index contributed by atoms with van der Waals surface area (Å²) < 4.78 is 18.6. The summed E-state index contributed by atoms with van der Waals surface area (Å²) in [6.07, 6.45) is 5.68. The van der Waals surface area contributed by atoms with Crippen LogP contribution in [-0.2, 0) is 10.8 Å². The Bertz CT molecular complexity index is 721. The van der Waals surface area contributed by atoms with Crippen LogP contribution in [0.2, 0.25) is 0 Å². The molecule has 156 valence electrons. The maximum absolute atomic E-state index is 12.3. The van der Waals surface area contributed by atoms with E-state index in [0.717, 1.165) is 37.5 Å². The molecule has 2 N–H and O–H groups in total. The van der Waals surface area contributed by atoms with Crippen molar-refractivity contribution in [2.24, 2.45) is 4.99 Å². The Balaban J connectivity index is 1.74. The summed E-state index contributed by atoms with van der Waals surface area (Å²) in [4.78, 5) is 4.71. The lowest BCUT2D eigenvalue weighted by Crippen LogP contribution is -2.46. The first kappa shape index (κ1) is 21.2. The molecule has 0 amide bonds. The summed E-state index contributed by atoms with van der Waals surface area (Å²) in [7, 11) is -0.890. The first-order valence-corrected chi connectivity index (χ1v) is 11.9. The van der Waals surface area contributed by atoms with Gasteiger partial charge in [-0.25, -0.2) is 0 Å². The molecule has 0 bridgehead atoms. The molecule has 1 aliphatic carbocycles. The van der Waals surface area contributed by atoms with E-state index in [1.165, 1.54) is 18.4 Å². The predicted molar refractivity (Wildman–Crippen MR) is 118 cm³/mol. The standard InChI is InChI=1S/C22H35N3O2S/c1-5-23-20(24-14-15-28(26)21(2,3)4)25-18-16-22(12-8-9-13-22)27-19-11-7-6-10-17(18)19/h6-7,10-11,18H,5,8-9,12-16H2,1-4H3,(H2,23,24,25). The molecule has 2 aliphatic rings. The number of guanidine groups is 1. The number of rotatable bonds is 5. The number of fused-ring (bicyclic) bond motifs is 1. The Morgan fingerprint density at radius 1 is 1.29 bits per heavy atom. The van der Waals surface area contributed by atoms with E-state index < -0.39 is 10.8 Å². The second-order valence-electron chi connectivity index (χ2n) is 8.85. The third-order valence-electron chi connectivity index (χ3n) is 5.60. The number of nitrogens with one attached hydrogen (secondary N) is 2. The molecule has 1 aromatic carbocycles. The van der Waals surface area contributed by atoms with Gasteiger partial charge in [-0.2, -0.15) is 0 Å². The predicted octanol–water partition coefficient (Wildman–Crippen LogP) is 3.93. The molecule has 2 unspecified atom stereocenters. The fourth-order valence-corrected chi connectivity index (χ4v) is 4.97. The Morgan fingerprint density at radius 2 is 2.00 bits per heavy atom.